The molecule has 0 spiro atoms. The van der Waals surface area contributed by atoms with Gasteiger partial charge in [0.1, 0.15) is 17.3 Å². The Morgan fingerprint density at radius 2 is 1.65 bits per heavy atom. The summed E-state index contributed by atoms with van der Waals surface area (Å²) < 4.78 is 37.7. The molecule has 8 atom stereocenters. The number of benzene rings is 1. The maximum atomic E-state index is 14.6. The molecule has 13 heteroatoms. The predicted octanol–water partition coefficient (Wildman–Crippen LogP) is 6.84. The molecule has 3 heterocycles. The van der Waals surface area contributed by atoms with Crippen molar-refractivity contribution in [1.29, 1.82) is 0 Å². The zero-order valence-electron chi connectivity index (χ0n) is 36.5. The Hall–Kier alpha value is -3.36. The normalized spacial score (nSPS) is 30.8. The van der Waals surface area contributed by atoms with E-state index in [0.717, 1.165) is 38.9 Å². The number of methoxy groups -OCH3 is 1. The van der Waals surface area contributed by atoms with Crippen LogP contribution in [-0.4, -0.2) is 128 Å². The minimum absolute atomic E-state index is 0.205. The second kappa shape index (κ2) is 19.6. The van der Waals surface area contributed by atoms with Crippen LogP contribution >= 0.6 is 0 Å². The highest BCUT2D eigenvalue weighted by atomic mass is 16.7. The standard InChI is InChI=1S/C44H69N3O10/c1-29-26-44(9,52-12)37(56-39-35(34(45(10)11)25-30(2)54-39)55-38(49)32-19-14-13-15-20-32)31(3)36(48)43(7,8)40(50)53-28-33(21-18-24-46-22-16-17-23-46)47(27-29)41(51)57-42(4,5)6/h13-15,19-20,28-31,34-35,37,39H,16-18,21-27H2,1-12H3/t29-,30-,31+,34+,35-,37-,39+,44-/m1/s1. The van der Waals surface area contributed by atoms with Crippen molar-refractivity contribution in [2.45, 2.75) is 143 Å². The number of ketones is 1. The highest BCUT2D eigenvalue weighted by Gasteiger charge is 2.52. The van der Waals surface area contributed by atoms with Crippen LogP contribution in [0.15, 0.2) is 42.3 Å². The molecule has 57 heavy (non-hydrogen) atoms. The van der Waals surface area contributed by atoms with Gasteiger partial charge in [-0.25, -0.2) is 9.59 Å². The number of esters is 2. The van der Waals surface area contributed by atoms with Crippen molar-refractivity contribution in [2.75, 3.05) is 47.4 Å². The van der Waals surface area contributed by atoms with E-state index in [9.17, 15) is 19.2 Å². The first-order chi connectivity index (χ1) is 26.7. The van der Waals surface area contributed by atoms with Crippen molar-refractivity contribution in [3.8, 4) is 0 Å². The van der Waals surface area contributed by atoms with Crippen LogP contribution in [0.4, 0.5) is 4.79 Å². The molecule has 13 nitrogen and oxygen atoms in total. The van der Waals surface area contributed by atoms with E-state index >= 15 is 0 Å². The van der Waals surface area contributed by atoms with E-state index in [1.54, 1.807) is 43.2 Å². The third-order valence-corrected chi connectivity index (χ3v) is 11.5. The van der Waals surface area contributed by atoms with Gasteiger partial charge in [-0.1, -0.05) is 32.0 Å². The molecule has 320 valence electrons. The van der Waals surface area contributed by atoms with Crippen molar-refractivity contribution >= 4 is 23.8 Å². The molecule has 0 aromatic heterocycles. The maximum Gasteiger partial charge on any atom is 0.414 e. The highest BCUT2D eigenvalue weighted by Crippen LogP contribution is 2.39. The molecule has 2 saturated heterocycles. The second-order valence-corrected chi connectivity index (χ2v) is 18.2. The van der Waals surface area contributed by atoms with Gasteiger partial charge in [0.25, 0.3) is 0 Å². The molecule has 0 bridgehead atoms. The quantitative estimate of drug-likeness (QED) is 0.140. The summed E-state index contributed by atoms with van der Waals surface area (Å²) in [6.45, 7) is 19.1. The molecule has 0 radical (unpaired) electrons. The molecule has 0 saturated carbocycles. The van der Waals surface area contributed by atoms with Gasteiger partial charge >= 0.3 is 18.0 Å². The SMILES string of the molecule is CO[C@]1(C)C[C@@H](C)CN(C(=O)OC(C)(C)C)C(CCCN2CCCC2)=COC(=O)C(C)(C)C(=O)[C@H](C)[C@H]1O[C@@H]1O[C@H](C)C[C@H](N(C)C)[C@H]1OC(=O)c1ccccc1. The zero-order valence-corrected chi connectivity index (χ0v) is 36.5. The monoisotopic (exact) mass is 799 g/mol. The van der Waals surface area contributed by atoms with Gasteiger partial charge in [-0.2, -0.15) is 0 Å². The molecule has 4 rings (SSSR count). The van der Waals surface area contributed by atoms with Crippen molar-refractivity contribution in [1.82, 2.24) is 14.7 Å². The fraction of sp³-hybridized carbons (Fsp3) is 0.727. The molecule has 0 aliphatic carbocycles. The number of likely N-dealkylation sites (tertiary alicyclic amines) is 1. The van der Waals surface area contributed by atoms with E-state index in [2.05, 4.69) is 4.90 Å². The number of amides is 1. The predicted molar refractivity (Wildman–Crippen MR) is 216 cm³/mol. The molecular weight excluding hydrogens is 730 g/mol. The van der Waals surface area contributed by atoms with Gasteiger partial charge in [-0.15, -0.1) is 0 Å². The van der Waals surface area contributed by atoms with Crippen molar-refractivity contribution in [3.05, 3.63) is 47.9 Å². The summed E-state index contributed by atoms with van der Waals surface area (Å²) in [4.78, 5) is 62.2. The minimum Gasteiger partial charge on any atom is -0.452 e. The first kappa shape index (κ1) is 46.3. The lowest BCUT2D eigenvalue weighted by Crippen LogP contribution is -2.60. The lowest BCUT2D eigenvalue weighted by molar-refractivity contribution is -0.295. The summed E-state index contributed by atoms with van der Waals surface area (Å²) in [6, 6.07) is 8.44. The average molecular weight is 800 g/mol. The topological polar surface area (TPSA) is 133 Å². The first-order valence-electron chi connectivity index (χ1n) is 20.6. The van der Waals surface area contributed by atoms with Gasteiger partial charge in [0.05, 0.1) is 35.1 Å². The largest absolute Gasteiger partial charge is 0.452 e. The fourth-order valence-electron chi connectivity index (χ4n) is 8.30. The number of ether oxygens (including phenoxy) is 6. The molecular formula is C44H69N3O10. The number of hydrogen-bond donors (Lipinski definition) is 0. The Morgan fingerprint density at radius 3 is 2.25 bits per heavy atom. The van der Waals surface area contributed by atoms with Gasteiger partial charge in [0.2, 0.25) is 0 Å². The van der Waals surface area contributed by atoms with E-state index in [4.69, 9.17) is 28.4 Å². The van der Waals surface area contributed by atoms with Crippen LogP contribution in [0.25, 0.3) is 0 Å². The van der Waals surface area contributed by atoms with Crippen molar-refractivity contribution in [3.63, 3.8) is 0 Å². The second-order valence-electron chi connectivity index (χ2n) is 18.2. The summed E-state index contributed by atoms with van der Waals surface area (Å²) in [5, 5.41) is 0. The number of nitrogens with zero attached hydrogens (tertiary/aromatic N) is 3. The van der Waals surface area contributed by atoms with E-state index in [-0.39, 0.29) is 24.6 Å². The lowest BCUT2D eigenvalue weighted by Gasteiger charge is -2.47. The number of carbonyl (C=O) groups excluding carboxylic acids is 4. The summed E-state index contributed by atoms with van der Waals surface area (Å²) in [5.41, 5.74) is -2.71. The summed E-state index contributed by atoms with van der Waals surface area (Å²) >= 11 is 0. The number of carbonyl (C=O) groups is 4. The van der Waals surface area contributed by atoms with E-state index in [1.807, 2.05) is 66.6 Å². The lowest BCUT2D eigenvalue weighted by atomic mass is 9.74. The van der Waals surface area contributed by atoms with E-state index in [0.29, 0.717) is 30.5 Å². The third-order valence-electron chi connectivity index (χ3n) is 11.5. The molecule has 0 unspecified atom stereocenters. The van der Waals surface area contributed by atoms with Gasteiger partial charge in [-0.05, 0) is 139 Å². The Morgan fingerprint density at radius 1 is 1.00 bits per heavy atom. The molecule has 0 N–H and O–H groups in total. The van der Waals surface area contributed by atoms with Crippen LogP contribution in [0.1, 0.15) is 111 Å². The maximum absolute atomic E-state index is 14.6. The number of rotatable bonds is 10. The number of allylic oxidation sites excluding steroid dienone is 1. The highest BCUT2D eigenvalue weighted by molar-refractivity contribution is 6.04. The summed E-state index contributed by atoms with van der Waals surface area (Å²) in [5.74, 6) is -2.89. The van der Waals surface area contributed by atoms with E-state index in [1.165, 1.54) is 20.1 Å². The fourth-order valence-corrected chi connectivity index (χ4v) is 8.30. The van der Waals surface area contributed by atoms with Gasteiger partial charge < -0.3 is 38.2 Å². The van der Waals surface area contributed by atoms with E-state index < -0.39 is 64.8 Å². The van der Waals surface area contributed by atoms with Crippen molar-refractivity contribution < 1.29 is 47.6 Å². The van der Waals surface area contributed by atoms with Gasteiger partial charge in [0.15, 0.2) is 18.2 Å². The van der Waals surface area contributed by atoms with Crippen molar-refractivity contribution in [2.24, 2.45) is 17.3 Å². The summed E-state index contributed by atoms with van der Waals surface area (Å²) in [6.07, 6.45) is 1.86. The molecule has 1 amide bonds. The zero-order chi connectivity index (χ0) is 42.3. The first-order valence-corrected chi connectivity index (χ1v) is 20.6. The Balaban J connectivity index is 1.76. The van der Waals surface area contributed by atoms with Gasteiger partial charge in [-0.3, -0.25) is 14.5 Å². The minimum atomic E-state index is -1.63. The molecule has 3 aliphatic rings. The summed E-state index contributed by atoms with van der Waals surface area (Å²) in [7, 11) is 5.38. The van der Waals surface area contributed by atoms with Crippen LogP contribution in [-0.2, 0) is 38.0 Å². The third kappa shape index (κ3) is 12.1. The molecule has 1 aromatic carbocycles. The van der Waals surface area contributed by atoms with Crippen LogP contribution < -0.4 is 0 Å². The smallest absolute Gasteiger partial charge is 0.414 e. The number of likely N-dealkylation sites (N-methyl/N-ethyl adjacent to an activating group) is 1. The molecule has 3 aliphatic heterocycles. The van der Waals surface area contributed by atoms with Crippen LogP contribution in [0.2, 0.25) is 0 Å². The Kier molecular flexibility index (Phi) is 15.9. The van der Waals surface area contributed by atoms with Gasteiger partial charge in [0, 0.05) is 19.6 Å². The number of hydrogen-bond acceptors (Lipinski definition) is 12. The number of Topliss-reactive ketones (excluding diaryl/α,β-unsaturated/α-hetero) is 1. The molecule has 2 fully saturated rings. The average Bonchev–Trinajstić information content (AvgIpc) is 3.67. The number of cyclic esters (lactones) is 1. The molecule has 1 aromatic rings. The Labute approximate surface area is 340 Å². The van der Waals surface area contributed by atoms with Crippen LogP contribution in [0, 0.1) is 17.3 Å². The Bertz CT molecular complexity index is 1550. The van der Waals surface area contributed by atoms with Crippen LogP contribution in [0.5, 0.6) is 0 Å². The van der Waals surface area contributed by atoms with Crippen LogP contribution in [0.3, 0.4) is 0 Å².